The molecule has 1 N–H and O–H groups in total. The lowest BCUT2D eigenvalue weighted by Crippen LogP contribution is -2.33. The number of hydrogen-bond acceptors (Lipinski definition) is 2. The number of piperidine rings is 1. The Morgan fingerprint density at radius 1 is 1.56 bits per heavy atom. The van der Waals surface area contributed by atoms with Crippen molar-refractivity contribution in [1.82, 2.24) is 4.90 Å². The van der Waals surface area contributed by atoms with Gasteiger partial charge in [0.1, 0.15) is 0 Å². The molecule has 98 valence electrons. The highest BCUT2D eigenvalue weighted by atomic mass is 79.9. The lowest BCUT2D eigenvalue weighted by atomic mass is 9.99. The SMILES string of the molecule is C[C@@H]1CCCN(Cc2ccc(C(=O)O)cc2Br)C1. The van der Waals surface area contributed by atoms with Crippen molar-refractivity contribution in [2.24, 2.45) is 5.92 Å². The minimum Gasteiger partial charge on any atom is -0.478 e. The first kappa shape index (κ1) is 13.6. The minimum absolute atomic E-state index is 0.331. The third-order valence-electron chi connectivity index (χ3n) is 3.44. The number of likely N-dealkylation sites (tertiary alicyclic amines) is 1. The maximum Gasteiger partial charge on any atom is 0.335 e. The van der Waals surface area contributed by atoms with Crippen LogP contribution in [0.1, 0.15) is 35.7 Å². The van der Waals surface area contributed by atoms with Crippen molar-refractivity contribution in [3.05, 3.63) is 33.8 Å². The first-order valence-corrected chi connectivity index (χ1v) is 7.09. The number of carboxylic acids is 1. The Morgan fingerprint density at radius 2 is 2.33 bits per heavy atom. The highest BCUT2D eigenvalue weighted by Crippen LogP contribution is 2.23. The molecule has 1 saturated heterocycles. The zero-order chi connectivity index (χ0) is 13.1. The molecule has 0 spiro atoms. The fourth-order valence-corrected chi connectivity index (χ4v) is 2.98. The van der Waals surface area contributed by atoms with Gasteiger partial charge in [-0.15, -0.1) is 0 Å². The van der Waals surface area contributed by atoms with Crippen LogP contribution < -0.4 is 0 Å². The highest BCUT2D eigenvalue weighted by molar-refractivity contribution is 9.10. The van der Waals surface area contributed by atoms with Gasteiger partial charge in [-0.1, -0.05) is 28.9 Å². The topological polar surface area (TPSA) is 40.5 Å². The maximum absolute atomic E-state index is 10.9. The molecule has 1 heterocycles. The van der Waals surface area contributed by atoms with E-state index in [1.54, 1.807) is 12.1 Å². The van der Waals surface area contributed by atoms with Crippen molar-refractivity contribution in [1.29, 1.82) is 0 Å². The van der Waals surface area contributed by atoms with Gasteiger partial charge in [0.05, 0.1) is 5.56 Å². The number of hydrogen-bond donors (Lipinski definition) is 1. The molecule has 0 aliphatic carbocycles. The Labute approximate surface area is 116 Å². The summed E-state index contributed by atoms with van der Waals surface area (Å²) in [6, 6.07) is 5.27. The Bertz CT molecular complexity index is 447. The standard InChI is InChI=1S/C14H18BrNO2/c1-10-3-2-6-16(8-10)9-12-5-4-11(14(17)18)7-13(12)15/h4-5,7,10H,2-3,6,8-9H2,1H3,(H,17,18)/t10-/m1/s1. The molecule has 2 rings (SSSR count). The molecule has 1 atom stereocenters. The molecule has 0 bridgehead atoms. The average Bonchev–Trinajstić information content (AvgIpc) is 2.31. The van der Waals surface area contributed by atoms with Gasteiger partial charge in [0.25, 0.3) is 0 Å². The Balaban J connectivity index is 2.07. The monoisotopic (exact) mass is 311 g/mol. The van der Waals surface area contributed by atoms with Crippen LogP contribution in [0.4, 0.5) is 0 Å². The van der Waals surface area contributed by atoms with Crippen LogP contribution in [-0.4, -0.2) is 29.1 Å². The second-order valence-corrected chi connectivity index (χ2v) is 5.95. The predicted molar refractivity (Wildman–Crippen MR) is 74.8 cm³/mol. The Kier molecular flexibility index (Phi) is 4.40. The molecule has 0 unspecified atom stereocenters. The van der Waals surface area contributed by atoms with Crippen molar-refractivity contribution in [2.75, 3.05) is 13.1 Å². The number of rotatable bonds is 3. The number of benzene rings is 1. The molecule has 1 aliphatic rings. The Morgan fingerprint density at radius 3 is 2.94 bits per heavy atom. The second-order valence-electron chi connectivity index (χ2n) is 5.09. The van der Waals surface area contributed by atoms with Gasteiger partial charge in [0.15, 0.2) is 0 Å². The molecule has 0 aromatic heterocycles. The number of carboxylic acid groups (broad SMARTS) is 1. The summed E-state index contributed by atoms with van der Waals surface area (Å²) in [7, 11) is 0. The molecule has 1 aromatic rings. The first-order chi connectivity index (χ1) is 8.56. The predicted octanol–water partition coefficient (Wildman–Crippen LogP) is 3.38. The summed E-state index contributed by atoms with van der Waals surface area (Å²) < 4.78 is 0.889. The van der Waals surface area contributed by atoms with Crippen LogP contribution in [-0.2, 0) is 6.54 Å². The molecule has 3 nitrogen and oxygen atoms in total. The van der Waals surface area contributed by atoms with Crippen LogP contribution in [0.5, 0.6) is 0 Å². The molecular weight excluding hydrogens is 294 g/mol. The average molecular weight is 312 g/mol. The number of aromatic carboxylic acids is 1. The van der Waals surface area contributed by atoms with Gasteiger partial charge in [0, 0.05) is 17.6 Å². The summed E-state index contributed by atoms with van der Waals surface area (Å²) in [6.45, 7) is 5.45. The zero-order valence-corrected chi connectivity index (χ0v) is 12.1. The van der Waals surface area contributed by atoms with E-state index >= 15 is 0 Å². The van der Waals surface area contributed by atoms with E-state index in [1.165, 1.54) is 12.8 Å². The normalized spacial score (nSPS) is 20.9. The van der Waals surface area contributed by atoms with E-state index in [4.69, 9.17) is 5.11 Å². The van der Waals surface area contributed by atoms with E-state index < -0.39 is 5.97 Å². The number of carbonyl (C=O) groups is 1. The number of halogens is 1. The molecular formula is C14H18BrNO2. The van der Waals surface area contributed by atoms with E-state index in [2.05, 4.69) is 27.8 Å². The van der Waals surface area contributed by atoms with Crippen LogP contribution in [0.3, 0.4) is 0 Å². The first-order valence-electron chi connectivity index (χ1n) is 6.30. The fraction of sp³-hybridized carbons (Fsp3) is 0.500. The van der Waals surface area contributed by atoms with Crippen LogP contribution >= 0.6 is 15.9 Å². The van der Waals surface area contributed by atoms with Gasteiger partial charge < -0.3 is 5.11 Å². The minimum atomic E-state index is -0.881. The zero-order valence-electron chi connectivity index (χ0n) is 10.5. The molecule has 1 aliphatic heterocycles. The molecule has 18 heavy (non-hydrogen) atoms. The quantitative estimate of drug-likeness (QED) is 0.930. The van der Waals surface area contributed by atoms with E-state index in [0.717, 1.165) is 35.6 Å². The van der Waals surface area contributed by atoms with Crippen LogP contribution in [0.15, 0.2) is 22.7 Å². The molecule has 1 aromatic carbocycles. The molecule has 0 amide bonds. The lowest BCUT2D eigenvalue weighted by Gasteiger charge is -2.31. The Hall–Kier alpha value is -0.870. The third kappa shape index (κ3) is 3.33. The van der Waals surface area contributed by atoms with Crippen molar-refractivity contribution in [2.45, 2.75) is 26.3 Å². The van der Waals surface area contributed by atoms with Gasteiger partial charge in [-0.3, -0.25) is 4.90 Å². The van der Waals surface area contributed by atoms with Gasteiger partial charge in [-0.05, 0) is 43.0 Å². The summed E-state index contributed by atoms with van der Waals surface area (Å²) in [5.74, 6) is -0.121. The summed E-state index contributed by atoms with van der Waals surface area (Å²) >= 11 is 3.47. The summed E-state index contributed by atoms with van der Waals surface area (Å²) in [5.41, 5.74) is 1.49. The lowest BCUT2D eigenvalue weighted by molar-refractivity contribution is 0.0697. The molecule has 4 heteroatoms. The second kappa shape index (κ2) is 5.85. The smallest absolute Gasteiger partial charge is 0.335 e. The van der Waals surface area contributed by atoms with Crippen molar-refractivity contribution in [3.63, 3.8) is 0 Å². The summed E-state index contributed by atoms with van der Waals surface area (Å²) in [5, 5.41) is 8.93. The van der Waals surface area contributed by atoms with Crippen LogP contribution in [0.2, 0.25) is 0 Å². The summed E-state index contributed by atoms with van der Waals surface area (Å²) in [6.07, 6.45) is 2.57. The van der Waals surface area contributed by atoms with Crippen molar-refractivity contribution in [3.8, 4) is 0 Å². The van der Waals surface area contributed by atoms with Crippen LogP contribution in [0.25, 0.3) is 0 Å². The van der Waals surface area contributed by atoms with Crippen molar-refractivity contribution >= 4 is 21.9 Å². The van der Waals surface area contributed by atoms with E-state index in [-0.39, 0.29) is 0 Å². The molecule has 0 saturated carbocycles. The fourth-order valence-electron chi connectivity index (χ4n) is 2.48. The number of nitrogens with zero attached hydrogens (tertiary/aromatic N) is 1. The molecule has 0 radical (unpaired) electrons. The highest BCUT2D eigenvalue weighted by Gasteiger charge is 2.17. The van der Waals surface area contributed by atoms with E-state index in [0.29, 0.717) is 5.56 Å². The van der Waals surface area contributed by atoms with E-state index in [1.807, 2.05) is 6.07 Å². The van der Waals surface area contributed by atoms with Crippen LogP contribution in [0, 0.1) is 5.92 Å². The van der Waals surface area contributed by atoms with Gasteiger partial charge in [-0.25, -0.2) is 4.79 Å². The summed E-state index contributed by atoms with van der Waals surface area (Å²) in [4.78, 5) is 13.3. The maximum atomic E-state index is 10.9. The largest absolute Gasteiger partial charge is 0.478 e. The van der Waals surface area contributed by atoms with Gasteiger partial charge in [-0.2, -0.15) is 0 Å². The van der Waals surface area contributed by atoms with Gasteiger partial charge in [0.2, 0.25) is 0 Å². The van der Waals surface area contributed by atoms with E-state index in [9.17, 15) is 4.79 Å². The van der Waals surface area contributed by atoms with Gasteiger partial charge >= 0.3 is 5.97 Å². The third-order valence-corrected chi connectivity index (χ3v) is 4.17. The molecule has 1 fully saturated rings. The van der Waals surface area contributed by atoms with Crippen molar-refractivity contribution < 1.29 is 9.90 Å².